The molecule has 0 aromatic carbocycles. The Morgan fingerprint density at radius 2 is 2.39 bits per heavy atom. The monoisotopic (exact) mass is 325 g/mol. The first-order valence-electron chi connectivity index (χ1n) is 5.33. The Balaban J connectivity index is 2.15. The molecule has 4 nitrogen and oxygen atoms in total. The van der Waals surface area contributed by atoms with E-state index < -0.39 is 0 Å². The molecular weight excluding hydrogens is 314 g/mol. The molecule has 0 spiro atoms. The van der Waals surface area contributed by atoms with Gasteiger partial charge in [-0.2, -0.15) is 0 Å². The summed E-state index contributed by atoms with van der Waals surface area (Å²) >= 11 is 4.91. The van der Waals surface area contributed by atoms with Crippen LogP contribution in [0.3, 0.4) is 0 Å². The number of nitrogen functional groups attached to an aromatic ring is 1. The number of pyridine rings is 1. The smallest absolute Gasteiger partial charge is 0.253 e. The minimum absolute atomic E-state index is 0.0289. The van der Waals surface area contributed by atoms with Crippen molar-refractivity contribution >= 4 is 39.0 Å². The van der Waals surface area contributed by atoms with E-state index in [1.165, 1.54) is 6.20 Å². The van der Waals surface area contributed by atoms with Crippen LogP contribution in [0.15, 0.2) is 34.2 Å². The topological polar surface area (TPSA) is 68.0 Å². The summed E-state index contributed by atoms with van der Waals surface area (Å²) in [5, 5.41) is 4.91. The molecule has 2 aromatic heterocycles. The lowest BCUT2D eigenvalue weighted by Gasteiger charge is -2.13. The van der Waals surface area contributed by atoms with E-state index in [4.69, 9.17) is 5.73 Å². The number of hydrogen-bond donors (Lipinski definition) is 2. The van der Waals surface area contributed by atoms with Gasteiger partial charge < -0.3 is 11.1 Å². The van der Waals surface area contributed by atoms with Crippen molar-refractivity contribution in [1.82, 2.24) is 10.3 Å². The van der Waals surface area contributed by atoms with Crippen LogP contribution in [0.4, 0.5) is 5.82 Å². The molecule has 0 aliphatic rings. The average Bonchev–Trinajstić information content (AvgIpc) is 2.85. The van der Waals surface area contributed by atoms with E-state index in [0.717, 1.165) is 4.88 Å². The van der Waals surface area contributed by atoms with Gasteiger partial charge in [-0.1, -0.05) is 6.07 Å². The van der Waals surface area contributed by atoms with Crippen LogP contribution in [0.2, 0.25) is 0 Å². The van der Waals surface area contributed by atoms with Gasteiger partial charge in [0.2, 0.25) is 0 Å². The van der Waals surface area contributed by atoms with Gasteiger partial charge >= 0.3 is 0 Å². The second-order valence-electron chi connectivity index (χ2n) is 3.80. The predicted molar refractivity (Wildman–Crippen MR) is 76.5 cm³/mol. The van der Waals surface area contributed by atoms with Crippen molar-refractivity contribution in [2.45, 2.75) is 13.0 Å². The molecule has 0 radical (unpaired) electrons. The van der Waals surface area contributed by atoms with Crippen molar-refractivity contribution in [3.05, 3.63) is 44.7 Å². The zero-order chi connectivity index (χ0) is 13.1. The Hall–Kier alpha value is -1.40. The van der Waals surface area contributed by atoms with Crippen LogP contribution in [0.1, 0.15) is 28.2 Å². The largest absolute Gasteiger partial charge is 0.384 e. The molecule has 94 valence electrons. The third kappa shape index (κ3) is 2.88. The molecule has 6 heteroatoms. The van der Waals surface area contributed by atoms with Crippen LogP contribution in [0, 0.1) is 0 Å². The van der Waals surface area contributed by atoms with Crippen LogP contribution in [-0.4, -0.2) is 10.9 Å². The normalized spacial score (nSPS) is 12.1. The fraction of sp³-hybridized carbons (Fsp3) is 0.167. The maximum atomic E-state index is 12.1. The number of anilines is 1. The Morgan fingerprint density at radius 1 is 1.61 bits per heavy atom. The molecule has 0 aliphatic heterocycles. The fourth-order valence-electron chi connectivity index (χ4n) is 1.51. The maximum Gasteiger partial charge on any atom is 0.253 e. The number of carbonyl (C=O) groups excluding carboxylic acids is 1. The van der Waals surface area contributed by atoms with Crippen molar-refractivity contribution in [2.75, 3.05) is 5.73 Å². The molecule has 2 rings (SSSR count). The second-order valence-corrected chi connectivity index (χ2v) is 5.63. The molecule has 0 saturated carbocycles. The number of nitrogens with one attached hydrogen (secondary N) is 1. The summed E-state index contributed by atoms with van der Waals surface area (Å²) in [7, 11) is 0. The number of rotatable bonds is 3. The molecule has 3 N–H and O–H groups in total. The zero-order valence-electron chi connectivity index (χ0n) is 9.68. The lowest BCUT2D eigenvalue weighted by Crippen LogP contribution is -2.26. The molecular formula is C12H12BrN3OS. The van der Waals surface area contributed by atoms with E-state index in [-0.39, 0.29) is 11.9 Å². The van der Waals surface area contributed by atoms with Gasteiger partial charge in [-0.15, -0.1) is 11.3 Å². The number of thiophene rings is 1. The predicted octanol–water partition coefficient (Wildman–Crippen LogP) is 2.98. The number of aromatic nitrogens is 1. The molecule has 1 unspecified atom stereocenters. The van der Waals surface area contributed by atoms with Crippen molar-refractivity contribution in [1.29, 1.82) is 0 Å². The van der Waals surface area contributed by atoms with E-state index in [1.807, 2.05) is 24.4 Å². The van der Waals surface area contributed by atoms with Crippen molar-refractivity contribution in [3.63, 3.8) is 0 Å². The van der Waals surface area contributed by atoms with Crippen LogP contribution < -0.4 is 11.1 Å². The van der Waals surface area contributed by atoms with Gasteiger partial charge in [-0.3, -0.25) is 4.79 Å². The van der Waals surface area contributed by atoms with Crippen molar-refractivity contribution in [3.8, 4) is 0 Å². The number of hydrogen-bond acceptors (Lipinski definition) is 4. The highest BCUT2D eigenvalue weighted by atomic mass is 79.9. The van der Waals surface area contributed by atoms with E-state index in [0.29, 0.717) is 15.9 Å². The molecule has 2 heterocycles. The fourth-order valence-corrected chi connectivity index (χ4v) is 2.64. The second kappa shape index (κ2) is 5.49. The third-order valence-electron chi connectivity index (χ3n) is 2.44. The molecule has 1 amide bonds. The molecule has 0 aliphatic carbocycles. The number of carbonyl (C=O) groups is 1. The highest BCUT2D eigenvalue weighted by Gasteiger charge is 2.15. The first kappa shape index (κ1) is 13.0. The molecule has 0 saturated heterocycles. The lowest BCUT2D eigenvalue weighted by molar-refractivity contribution is 0.0939. The summed E-state index contributed by atoms with van der Waals surface area (Å²) in [5.74, 6) is 0.156. The lowest BCUT2D eigenvalue weighted by atomic mass is 10.2. The van der Waals surface area contributed by atoms with Gasteiger partial charge in [0.15, 0.2) is 0 Å². The van der Waals surface area contributed by atoms with E-state index >= 15 is 0 Å². The minimum Gasteiger partial charge on any atom is -0.384 e. The number of nitrogens with zero attached hydrogens (tertiary/aromatic N) is 1. The third-order valence-corrected chi connectivity index (χ3v) is 4.13. The summed E-state index contributed by atoms with van der Waals surface area (Å²) in [6, 6.07) is 5.48. The van der Waals surface area contributed by atoms with Crippen molar-refractivity contribution in [2.24, 2.45) is 0 Å². The summed E-state index contributed by atoms with van der Waals surface area (Å²) in [5.41, 5.74) is 6.07. The van der Waals surface area contributed by atoms with Gasteiger partial charge in [-0.25, -0.2) is 4.98 Å². The Morgan fingerprint density at radius 3 is 3.06 bits per heavy atom. The van der Waals surface area contributed by atoms with Gasteiger partial charge in [0.05, 0.1) is 11.6 Å². The molecule has 1 atom stereocenters. The molecule has 0 fully saturated rings. The first-order chi connectivity index (χ1) is 8.58. The Bertz CT molecular complexity index is 556. The highest BCUT2D eigenvalue weighted by molar-refractivity contribution is 9.10. The summed E-state index contributed by atoms with van der Waals surface area (Å²) in [6.45, 7) is 1.95. The average molecular weight is 326 g/mol. The first-order valence-corrected chi connectivity index (χ1v) is 7.00. The molecule has 18 heavy (non-hydrogen) atoms. The minimum atomic E-state index is -0.170. The Kier molecular flexibility index (Phi) is 3.98. The van der Waals surface area contributed by atoms with Gasteiger partial charge in [-0.05, 0) is 40.4 Å². The van der Waals surface area contributed by atoms with Gasteiger partial charge in [0, 0.05) is 15.5 Å². The summed E-state index contributed by atoms with van der Waals surface area (Å²) in [6.07, 6.45) is 1.53. The molecule has 2 aromatic rings. The van der Waals surface area contributed by atoms with Crippen molar-refractivity contribution < 1.29 is 4.79 Å². The van der Waals surface area contributed by atoms with E-state index in [2.05, 4.69) is 26.2 Å². The quantitative estimate of drug-likeness (QED) is 0.911. The van der Waals surface area contributed by atoms with E-state index in [1.54, 1.807) is 17.4 Å². The SMILES string of the molecule is CC(NC(=O)c1cc(N)ncc1Br)c1cccs1. The van der Waals surface area contributed by atoms with Crippen LogP contribution >= 0.6 is 27.3 Å². The number of amides is 1. The highest BCUT2D eigenvalue weighted by Crippen LogP contribution is 2.21. The summed E-state index contributed by atoms with van der Waals surface area (Å²) in [4.78, 5) is 17.1. The van der Waals surface area contributed by atoms with Crippen LogP contribution in [0.25, 0.3) is 0 Å². The van der Waals surface area contributed by atoms with Crippen LogP contribution in [-0.2, 0) is 0 Å². The van der Waals surface area contributed by atoms with Gasteiger partial charge in [0.25, 0.3) is 5.91 Å². The molecule has 0 bridgehead atoms. The van der Waals surface area contributed by atoms with E-state index in [9.17, 15) is 4.79 Å². The summed E-state index contributed by atoms with van der Waals surface area (Å²) < 4.78 is 0.632. The van der Waals surface area contributed by atoms with Gasteiger partial charge in [0.1, 0.15) is 5.82 Å². The van der Waals surface area contributed by atoms with Crippen LogP contribution in [0.5, 0.6) is 0 Å². The zero-order valence-corrected chi connectivity index (χ0v) is 12.1. The standard InChI is InChI=1S/C12H12BrN3OS/c1-7(10-3-2-4-18-10)16-12(17)8-5-11(14)15-6-9(8)13/h2-7H,1H3,(H2,14,15)(H,16,17). The maximum absolute atomic E-state index is 12.1. The number of nitrogens with two attached hydrogens (primary N) is 1. The number of halogens is 1. The Labute approximate surface area is 117 Å².